The SMILES string of the molecule is O=C(CC1CCCC1C(=O)O)c1ccc(Cl)cc1. The lowest BCUT2D eigenvalue weighted by Gasteiger charge is -2.14. The smallest absolute Gasteiger partial charge is 0.306 e. The van der Waals surface area contributed by atoms with Gasteiger partial charge in [0.15, 0.2) is 5.78 Å². The molecular formula is C14H15ClO3. The molecule has 0 saturated heterocycles. The lowest BCUT2D eigenvalue weighted by atomic mass is 9.89. The first kappa shape index (κ1) is 13.1. The van der Waals surface area contributed by atoms with E-state index in [9.17, 15) is 9.59 Å². The molecule has 1 saturated carbocycles. The van der Waals surface area contributed by atoms with Gasteiger partial charge >= 0.3 is 5.97 Å². The normalized spacial score (nSPS) is 22.9. The molecule has 2 rings (SSSR count). The number of benzene rings is 1. The van der Waals surface area contributed by atoms with E-state index in [1.54, 1.807) is 24.3 Å². The first-order chi connectivity index (χ1) is 8.58. The molecule has 0 radical (unpaired) electrons. The van der Waals surface area contributed by atoms with E-state index in [0.29, 0.717) is 23.4 Å². The fraction of sp³-hybridized carbons (Fsp3) is 0.429. The van der Waals surface area contributed by atoms with E-state index in [1.165, 1.54) is 0 Å². The third-order valence-electron chi connectivity index (χ3n) is 3.59. The Morgan fingerprint density at radius 2 is 1.89 bits per heavy atom. The summed E-state index contributed by atoms with van der Waals surface area (Å²) >= 11 is 5.76. The van der Waals surface area contributed by atoms with Crippen molar-refractivity contribution in [1.29, 1.82) is 0 Å². The number of aliphatic carboxylic acids is 1. The van der Waals surface area contributed by atoms with E-state index in [4.69, 9.17) is 16.7 Å². The number of carboxylic acid groups (broad SMARTS) is 1. The van der Waals surface area contributed by atoms with Gasteiger partial charge in [0, 0.05) is 17.0 Å². The van der Waals surface area contributed by atoms with Crippen LogP contribution in [0.1, 0.15) is 36.0 Å². The lowest BCUT2D eigenvalue weighted by Crippen LogP contribution is -2.20. The van der Waals surface area contributed by atoms with Gasteiger partial charge in [-0.3, -0.25) is 9.59 Å². The molecule has 1 aromatic rings. The minimum Gasteiger partial charge on any atom is -0.481 e. The van der Waals surface area contributed by atoms with Gasteiger partial charge in [0.25, 0.3) is 0 Å². The number of halogens is 1. The van der Waals surface area contributed by atoms with Crippen LogP contribution in [-0.2, 0) is 4.79 Å². The fourth-order valence-electron chi connectivity index (χ4n) is 2.60. The average molecular weight is 267 g/mol. The fourth-order valence-corrected chi connectivity index (χ4v) is 2.72. The summed E-state index contributed by atoms with van der Waals surface area (Å²) in [6.07, 6.45) is 2.73. The van der Waals surface area contributed by atoms with E-state index in [-0.39, 0.29) is 17.6 Å². The standard InChI is InChI=1S/C14H15ClO3/c15-11-6-4-9(5-7-11)13(16)8-10-2-1-3-12(10)14(17)18/h4-7,10,12H,1-3,8H2,(H,17,18). The number of hydrogen-bond acceptors (Lipinski definition) is 2. The van der Waals surface area contributed by atoms with Crippen LogP contribution < -0.4 is 0 Å². The second-order valence-electron chi connectivity index (χ2n) is 4.77. The molecule has 1 aliphatic rings. The number of hydrogen-bond donors (Lipinski definition) is 1. The summed E-state index contributed by atoms with van der Waals surface area (Å²) in [5.41, 5.74) is 0.607. The highest BCUT2D eigenvalue weighted by molar-refractivity contribution is 6.30. The molecule has 4 heteroatoms. The van der Waals surface area contributed by atoms with Crippen LogP contribution in [-0.4, -0.2) is 16.9 Å². The molecule has 1 aromatic carbocycles. The molecular weight excluding hydrogens is 252 g/mol. The minimum absolute atomic E-state index is 0.00446. The Kier molecular flexibility index (Phi) is 4.02. The van der Waals surface area contributed by atoms with Crippen molar-refractivity contribution in [2.75, 3.05) is 0 Å². The van der Waals surface area contributed by atoms with Gasteiger partial charge < -0.3 is 5.11 Å². The first-order valence-corrected chi connectivity index (χ1v) is 6.47. The monoisotopic (exact) mass is 266 g/mol. The van der Waals surface area contributed by atoms with Gasteiger partial charge in [-0.15, -0.1) is 0 Å². The van der Waals surface area contributed by atoms with Gasteiger partial charge in [0.2, 0.25) is 0 Å². The molecule has 0 bridgehead atoms. The number of carboxylic acids is 1. The largest absolute Gasteiger partial charge is 0.481 e. The molecule has 1 aliphatic carbocycles. The van der Waals surface area contributed by atoms with Crippen LogP contribution in [0.2, 0.25) is 5.02 Å². The third kappa shape index (κ3) is 2.91. The maximum atomic E-state index is 12.0. The average Bonchev–Trinajstić information content (AvgIpc) is 2.78. The summed E-state index contributed by atoms with van der Waals surface area (Å²) in [7, 11) is 0. The van der Waals surface area contributed by atoms with E-state index in [1.807, 2.05) is 0 Å². The molecule has 0 aromatic heterocycles. The van der Waals surface area contributed by atoms with Crippen LogP contribution in [0.15, 0.2) is 24.3 Å². The Morgan fingerprint density at radius 3 is 2.50 bits per heavy atom. The highest BCUT2D eigenvalue weighted by Crippen LogP contribution is 2.35. The zero-order valence-electron chi connectivity index (χ0n) is 9.93. The Hall–Kier alpha value is -1.35. The maximum Gasteiger partial charge on any atom is 0.306 e. The highest BCUT2D eigenvalue weighted by Gasteiger charge is 2.34. The molecule has 1 fully saturated rings. The van der Waals surface area contributed by atoms with Crippen LogP contribution in [0, 0.1) is 11.8 Å². The van der Waals surface area contributed by atoms with Gasteiger partial charge in [0.05, 0.1) is 5.92 Å². The van der Waals surface area contributed by atoms with E-state index < -0.39 is 5.97 Å². The molecule has 1 N–H and O–H groups in total. The minimum atomic E-state index is -0.776. The van der Waals surface area contributed by atoms with Crippen molar-refractivity contribution in [2.45, 2.75) is 25.7 Å². The molecule has 0 amide bonds. The third-order valence-corrected chi connectivity index (χ3v) is 3.84. The molecule has 96 valence electrons. The van der Waals surface area contributed by atoms with E-state index >= 15 is 0 Å². The molecule has 0 heterocycles. The molecule has 0 aliphatic heterocycles. The van der Waals surface area contributed by atoms with Crippen LogP contribution >= 0.6 is 11.6 Å². The molecule has 2 unspecified atom stereocenters. The molecule has 2 atom stereocenters. The summed E-state index contributed by atoms with van der Waals surface area (Å²) in [4.78, 5) is 23.1. The van der Waals surface area contributed by atoms with E-state index in [2.05, 4.69) is 0 Å². The Morgan fingerprint density at radius 1 is 1.22 bits per heavy atom. The number of carbonyl (C=O) groups excluding carboxylic acids is 1. The van der Waals surface area contributed by atoms with E-state index in [0.717, 1.165) is 12.8 Å². The summed E-state index contributed by atoms with van der Waals surface area (Å²) in [5, 5.41) is 9.67. The van der Waals surface area contributed by atoms with Crippen molar-refractivity contribution in [3.63, 3.8) is 0 Å². The molecule has 0 spiro atoms. The topological polar surface area (TPSA) is 54.4 Å². The second-order valence-corrected chi connectivity index (χ2v) is 5.21. The van der Waals surface area contributed by atoms with Gasteiger partial charge in [-0.1, -0.05) is 18.0 Å². The second kappa shape index (κ2) is 5.53. The van der Waals surface area contributed by atoms with Crippen LogP contribution in [0.4, 0.5) is 0 Å². The Labute approximate surface area is 111 Å². The summed E-state index contributed by atoms with van der Waals surface area (Å²) in [6.45, 7) is 0. The van der Waals surface area contributed by atoms with Crippen molar-refractivity contribution in [3.05, 3.63) is 34.9 Å². The summed E-state index contributed by atoms with van der Waals surface area (Å²) < 4.78 is 0. The predicted molar refractivity (Wildman–Crippen MR) is 68.9 cm³/mol. The summed E-state index contributed by atoms with van der Waals surface area (Å²) in [5.74, 6) is -1.15. The first-order valence-electron chi connectivity index (χ1n) is 6.09. The van der Waals surface area contributed by atoms with Crippen molar-refractivity contribution in [2.24, 2.45) is 11.8 Å². The summed E-state index contributed by atoms with van der Waals surface area (Å²) in [6, 6.07) is 6.74. The van der Waals surface area contributed by atoms with Crippen molar-refractivity contribution in [1.82, 2.24) is 0 Å². The number of Topliss-reactive ketones (excluding diaryl/α,β-unsaturated/α-hetero) is 1. The Bertz CT molecular complexity index is 453. The number of ketones is 1. The van der Waals surface area contributed by atoms with Crippen LogP contribution in [0.3, 0.4) is 0 Å². The number of carbonyl (C=O) groups is 2. The lowest BCUT2D eigenvalue weighted by molar-refractivity contribution is -0.142. The Balaban J connectivity index is 2.03. The van der Waals surface area contributed by atoms with Crippen LogP contribution in [0.5, 0.6) is 0 Å². The maximum absolute atomic E-state index is 12.0. The zero-order valence-corrected chi connectivity index (χ0v) is 10.7. The highest BCUT2D eigenvalue weighted by atomic mass is 35.5. The van der Waals surface area contributed by atoms with Crippen molar-refractivity contribution >= 4 is 23.4 Å². The van der Waals surface area contributed by atoms with Gasteiger partial charge in [0.1, 0.15) is 0 Å². The van der Waals surface area contributed by atoms with Crippen LogP contribution in [0.25, 0.3) is 0 Å². The zero-order chi connectivity index (χ0) is 13.1. The van der Waals surface area contributed by atoms with Gasteiger partial charge in [-0.05, 0) is 43.0 Å². The van der Waals surface area contributed by atoms with Crippen molar-refractivity contribution in [3.8, 4) is 0 Å². The van der Waals surface area contributed by atoms with Gasteiger partial charge in [-0.25, -0.2) is 0 Å². The van der Waals surface area contributed by atoms with Gasteiger partial charge in [-0.2, -0.15) is 0 Å². The molecule has 18 heavy (non-hydrogen) atoms. The molecule has 3 nitrogen and oxygen atoms in total. The number of rotatable bonds is 4. The predicted octanol–water partition coefficient (Wildman–Crippen LogP) is 3.41. The quantitative estimate of drug-likeness (QED) is 0.850. The van der Waals surface area contributed by atoms with Crippen molar-refractivity contribution < 1.29 is 14.7 Å².